The summed E-state index contributed by atoms with van der Waals surface area (Å²) in [6.45, 7) is 5.95. The zero-order valence-electron chi connectivity index (χ0n) is 21.8. The summed E-state index contributed by atoms with van der Waals surface area (Å²) in [4.78, 5) is 27.1. The van der Waals surface area contributed by atoms with Gasteiger partial charge in [0.25, 0.3) is 11.5 Å². The molecular formula is C31H35N3O3. The molecule has 1 saturated carbocycles. The third kappa shape index (κ3) is 5.85. The number of nitrogens with zero attached hydrogens (tertiary/aromatic N) is 1. The van der Waals surface area contributed by atoms with E-state index >= 15 is 0 Å². The highest BCUT2D eigenvalue weighted by Gasteiger charge is 2.26. The molecule has 1 aromatic heterocycles. The average molecular weight is 498 g/mol. The lowest BCUT2D eigenvalue weighted by Gasteiger charge is -2.26. The van der Waals surface area contributed by atoms with Crippen molar-refractivity contribution in [3.63, 3.8) is 0 Å². The Bertz CT molecular complexity index is 1490. The summed E-state index contributed by atoms with van der Waals surface area (Å²) in [7, 11) is 0. The van der Waals surface area contributed by atoms with E-state index in [9.17, 15) is 14.7 Å². The number of nitrogen functional groups attached to an aromatic ring is 1. The van der Waals surface area contributed by atoms with Gasteiger partial charge in [0, 0.05) is 16.9 Å². The van der Waals surface area contributed by atoms with E-state index in [1.165, 1.54) is 0 Å². The number of benzene rings is 2. The van der Waals surface area contributed by atoms with Crippen LogP contribution in [0.3, 0.4) is 0 Å². The van der Waals surface area contributed by atoms with Crippen LogP contribution in [0.5, 0.6) is 5.75 Å². The molecule has 4 N–H and O–H groups in total. The second-order valence-electron chi connectivity index (χ2n) is 9.89. The van der Waals surface area contributed by atoms with Crippen LogP contribution in [0.25, 0.3) is 11.6 Å². The van der Waals surface area contributed by atoms with E-state index in [0.717, 1.165) is 41.5 Å². The Morgan fingerprint density at radius 3 is 2.32 bits per heavy atom. The van der Waals surface area contributed by atoms with E-state index in [1.54, 1.807) is 16.7 Å². The summed E-state index contributed by atoms with van der Waals surface area (Å²) in [6.07, 6.45) is 7.43. The summed E-state index contributed by atoms with van der Waals surface area (Å²) in [6, 6.07) is 17.4. The Morgan fingerprint density at radius 2 is 1.76 bits per heavy atom. The van der Waals surface area contributed by atoms with E-state index in [-0.39, 0.29) is 23.9 Å². The first-order valence-corrected chi connectivity index (χ1v) is 12.8. The fourth-order valence-electron chi connectivity index (χ4n) is 4.59. The molecule has 2 aromatic carbocycles. The van der Waals surface area contributed by atoms with Gasteiger partial charge in [-0.25, -0.2) is 0 Å². The van der Waals surface area contributed by atoms with Gasteiger partial charge in [0.2, 0.25) is 0 Å². The van der Waals surface area contributed by atoms with Crippen LogP contribution in [0.4, 0.5) is 5.69 Å². The lowest BCUT2D eigenvalue weighted by atomic mass is 9.93. The lowest BCUT2D eigenvalue weighted by molar-refractivity contribution is 0.0911. The number of rotatable bonds is 7. The van der Waals surface area contributed by atoms with E-state index in [4.69, 9.17) is 5.73 Å². The summed E-state index contributed by atoms with van der Waals surface area (Å²) in [5.41, 5.74) is 9.59. The smallest absolute Gasteiger partial charge is 0.268 e. The van der Waals surface area contributed by atoms with Crippen LogP contribution in [0.2, 0.25) is 0 Å². The Morgan fingerprint density at radius 1 is 1.08 bits per heavy atom. The van der Waals surface area contributed by atoms with E-state index in [0.29, 0.717) is 22.7 Å². The Hall–Kier alpha value is -4.06. The first-order chi connectivity index (χ1) is 17.8. The Labute approximate surface area is 217 Å². The van der Waals surface area contributed by atoms with E-state index in [1.807, 2.05) is 63.3 Å². The van der Waals surface area contributed by atoms with Crippen LogP contribution in [0.1, 0.15) is 61.5 Å². The van der Waals surface area contributed by atoms with Crippen LogP contribution in [-0.2, 0) is 13.0 Å². The molecule has 0 unspecified atom stereocenters. The highest BCUT2D eigenvalue weighted by atomic mass is 16.3. The van der Waals surface area contributed by atoms with E-state index < -0.39 is 11.5 Å². The third-order valence-corrected chi connectivity index (χ3v) is 6.91. The SMILES string of the molecule is C/C=C(\C=c1/c(=C(C)C)c(O)c(C(=O)NC2CCC2)c(=O)n1Cc1ccc(N)cc1)Cc1ccccc1. The maximum Gasteiger partial charge on any atom is 0.268 e. The Balaban J connectivity index is 1.96. The molecule has 4 rings (SSSR count). The molecule has 1 aliphatic carbocycles. The molecule has 1 fully saturated rings. The van der Waals surface area contributed by atoms with Crippen LogP contribution in [-0.4, -0.2) is 21.6 Å². The van der Waals surface area contributed by atoms with Crippen molar-refractivity contribution in [2.45, 2.75) is 59.0 Å². The van der Waals surface area contributed by atoms with Gasteiger partial charge in [0.05, 0.1) is 11.9 Å². The van der Waals surface area contributed by atoms with Crippen LogP contribution < -0.4 is 27.2 Å². The fraction of sp³-hybridized carbons (Fsp3) is 0.290. The van der Waals surface area contributed by atoms with Gasteiger partial charge in [-0.1, -0.05) is 54.1 Å². The van der Waals surface area contributed by atoms with Crippen molar-refractivity contribution in [1.29, 1.82) is 0 Å². The second-order valence-corrected chi connectivity index (χ2v) is 9.89. The van der Waals surface area contributed by atoms with Gasteiger partial charge in [0.15, 0.2) is 0 Å². The number of carbonyl (C=O) groups is 1. The molecule has 0 saturated heterocycles. The molecule has 192 valence electrons. The first kappa shape index (κ1) is 26.0. The van der Waals surface area contributed by atoms with E-state index in [2.05, 4.69) is 17.4 Å². The normalized spacial score (nSPS) is 14.4. The molecular weight excluding hydrogens is 462 g/mol. The number of carbonyl (C=O) groups excluding carboxylic acids is 1. The monoisotopic (exact) mass is 497 g/mol. The minimum Gasteiger partial charge on any atom is -0.506 e. The number of hydrogen-bond acceptors (Lipinski definition) is 4. The number of aromatic nitrogens is 1. The van der Waals surface area contributed by atoms with Crippen molar-refractivity contribution >= 4 is 23.2 Å². The number of allylic oxidation sites excluding steroid dienone is 2. The van der Waals surface area contributed by atoms with Gasteiger partial charge < -0.3 is 20.7 Å². The fourth-order valence-corrected chi connectivity index (χ4v) is 4.59. The predicted molar refractivity (Wildman–Crippen MR) is 150 cm³/mol. The molecule has 1 amide bonds. The predicted octanol–water partition coefficient (Wildman–Crippen LogP) is 3.63. The van der Waals surface area contributed by atoms with Gasteiger partial charge in [-0.2, -0.15) is 0 Å². The molecule has 0 aliphatic heterocycles. The van der Waals surface area contributed by atoms with Crippen molar-refractivity contribution in [2.75, 3.05) is 5.73 Å². The summed E-state index contributed by atoms with van der Waals surface area (Å²) in [5.74, 6) is -0.792. The Kier molecular flexibility index (Phi) is 7.97. The molecule has 6 heteroatoms. The van der Waals surface area contributed by atoms with Gasteiger partial charge in [-0.15, -0.1) is 0 Å². The number of nitrogens with two attached hydrogens (primary N) is 1. The summed E-state index contributed by atoms with van der Waals surface area (Å²) in [5, 5.41) is 15.3. The first-order valence-electron chi connectivity index (χ1n) is 12.8. The largest absolute Gasteiger partial charge is 0.506 e. The zero-order chi connectivity index (χ0) is 26.5. The molecule has 3 aromatic rings. The number of amides is 1. The third-order valence-electron chi connectivity index (χ3n) is 6.91. The summed E-state index contributed by atoms with van der Waals surface area (Å²) < 4.78 is 1.59. The maximum absolute atomic E-state index is 13.9. The highest BCUT2D eigenvalue weighted by molar-refractivity contribution is 5.97. The number of hydrogen-bond donors (Lipinski definition) is 3. The minimum atomic E-state index is -0.525. The van der Waals surface area contributed by atoms with Gasteiger partial charge >= 0.3 is 0 Å². The number of anilines is 1. The van der Waals surface area contributed by atoms with Crippen molar-refractivity contribution < 1.29 is 9.90 Å². The van der Waals surface area contributed by atoms with Crippen molar-refractivity contribution in [2.24, 2.45) is 0 Å². The van der Waals surface area contributed by atoms with Crippen LogP contribution in [0, 0.1) is 0 Å². The quantitative estimate of drug-likeness (QED) is 0.434. The summed E-state index contributed by atoms with van der Waals surface area (Å²) >= 11 is 0. The van der Waals surface area contributed by atoms with Gasteiger partial charge in [-0.3, -0.25) is 9.59 Å². The van der Waals surface area contributed by atoms with Crippen LogP contribution in [0.15, 0.2) is 71.0 Å². The topological polar surface area (TPSA) is 97.4 Å². The number of nitrogens with one attached hydrogen (secondary N) is 1. The number of aromatic hydroxyl groups is 1. The van der Waals surface area contributed by atoms with Gasteiger partial charge in [-0.05, 0) is 81.4 Å². The van der Waals surface area contributed by atoms with Gasteiger partial charge in [0.1, 0.15) is 11.3 Å². The zero-order valence-corrected chi connectivity index (χ0v) is 21.8. The number of pyridine rings is 1. The molecule has 0 radical (unpaired) electrons. The molecule has 0 spiro atoms. The molecule has 0 bridgehead atoms. The molecule has 6 nitrogen and oxygen atoms in total. The molecule has 1 aliphatic rings. The average Bonchev–Trinajstić information content (AvgIpc) is 2.85. The molecule has 37 heavy (non-hydrogen) atoms. The minimum absolute atomic E-state index is 0.0405. The van der Waals surface area contributed by atoms with Crippen LogP contribution >= 0.6 is 0 Å². The van der Waals surface area contributed by atoms with Crippen molar-refractivity contribution in [3.05, 3.63) is 104 Å². The molecule has 0 atom stereocenters. The lowest BCUT2D eigenvalue weighted by Crippen LogP contribution is -2.49. The van der Waals surface area contributed by atoms with Crippen molar-refractivity contribution in [3.8, 4) is 5.75 Å². The highest BCUT2D eigenvalue weighted by Crippen LogP contribution is 2.19. The standard InChI is InChI=1S/C31H35N3O3/c1-4-21(17-22-9-6-5-7-10-22)18-26-27(20(2)3)29(35)28(30(36)33-25-11-8-12-25)31(37)34(26)19-23-13-15-24(32)16-14-23/h4-7,9-10,13-16,18,25,35H,8,11-12,17,19,32H2,1-3H3,(H,33,36)/b21-4-,26-18+. The maximum atomic E-state index is 13.9. The van der Waals surface area contributed by atoms with Crippen molar-refractivity contribution in [1.82, 2.24) is 9.88 Å². The second kappa shape index (κ2) is 11.3. The molecule has 1 heterocycles.